The molecule has 0 bridgehead atoms. The van der Waals surface area contributed by atoms with E-state index in [1.165, 1.54) is 0 Å². The Balaban J connectivity index is 1.12. The molecule has 1 aromatic rings. The Morgan fingerprint density at radius 2 is 1.69 bits per heavy atom. The average molecular weight is 405 g/mol. The van der Waals surface area contributed by atoms with E-state index in [0.29, 0.717) is 26.1 Å². The highest BCUT2D eigenvalue weighted by atomic mass is 16.6. The molecular formula is C23H32O6. The molecule has 3 saturated heterocycles. The first-order chi connectivity index (χ1) is 14.2. The van der Waals surface area contributed by atoms with Crippen LogP contribution in [0.25, 0.3) is 0 Å². The van der Waals surface area contributed by atoms with Gasteiger partial charge in [0.1, 0.15) is 6.10 Å². The molecule has 6 nitrogen and oxygen atoms in total. The lowest BCUT2D eigenvalue weighted by Crippen LogP contribution is -2.33. The highest BCUT2D eigenvalue weighted by molar-refractivity contribution is 5.71. The lowest BCUT2D eigenvalue weighted by molar-refractivity contribution is -0.149. The zero-order valence-corrected chi connectivity index (χ0v) is 16.9. The summed E-state index contributed by atoms with van der Waals surface area (Å²) in [6.45, 7) is 1.24. The van der Waals surface area contributed by atoms with Crippen LogP contribution < -0.4 is 0 Å². The monoisotopic (exact) mass is 404 g/mol. The van der Waals surface area contributed by atoms with Gasteiger partial charge in [0.25, 0.3) is 0 Å². The molecular weight excluding hydrogens is 372 g/mol. The van der Waals surface area contributed by atoms with Gasteiger partial charge < -0.3 is 24.1 Å². The Morgan fingerprint density at radius 3 is 2.45 bits per heavy atom. The second-order valence-electron chi connectivity index (χ2n) is 8.40. The molecule has 29 heavy (non-hydrogen) atoms. The topological polar surface area (TPSA) is 74.2 Å². The predicted molar refractivity (Wildman–Crippen MR) is 106 cm³/mol. The van der Waals surface area contributed by atoms with Crippen molar-refractivity contribution >= 4 is 5.97 Å². The molecule has 1 N–H and O–H groups in total. The number of aliphatic hydroxyl groups excluding tert-OH is 1. The number of ether oxygens (including phenoxy) is 4. The Kier molecular flexibility index (Phi) is 7.19. The van der Waals surface area contributed by atoms with E-state index >= 15 is 0 Å². The summed E-state index contributed by atoms with van der Waals surface area (Å²) in [4.78, 5) is 11.3. The van der Waals surface area contributed by atoms with Crippen molar-refractivity contribution in [1.29, 1.82) is 0 Å². The van der Waals surface area contributed by atoms with Gasteiger partial charge in [0.2, 0.25) is 0 Å². The van der Waals surface area contributed by atoms with Crippen molar-refractivity contribution in [3.8, 4) is 0 Å². The standard InChI is InChI=1S/C23H32O6/c24-17(7-4-14-26-15-16-5-2-1-3-6-16)18-8-9-19(27-18)20-10-11-21(28-20)22-12-13-23(25)29-22/h1-3,5-6,17-22,24H,4,7-15H2/t17-,18-,19+,20+,21+,22+/m0/s1. The van der Waals surface area contributed by atoms with Gasteiger partial charge >= 0.3 is 5.97 Å². The fraction of sp³-hybridized carbons (Fsp3) is 0.696. The van der Waals surface area contributed by atoms with E-state index in [1.807, 2.05) is 30.3 Å². The van der Waals surface area contributed by atoms with E-state index in [4.69, 9.17) is 18.9 Å². The Hall–Kier alpha value is -1.47. The zero-order valence-electron chi connectivity index (χ0n) is 16.9. The summed E-state index contributed by atoms with van der Waals surface area (Å²) >= 11 is 0. The molecule has 0 unspecified atom stereocenters. The summed E-state index contributed by atoms with van der Waals surface area (Å²) in [6, 6.07) is 10.1. The van der Waals surface area contributed by atoms with Gasteiger partial charge in [0, 0.05) is 13.0 Å². The van der Waals surface area contributed by atoms with Crippen LogP contribution in [0.2, 0.25) is 0 Å². The molecule has 3 fully saturated rings. The number of hydrogen-bond acceptors (Lipinski definition) is 6. The van der Waals surface area contributed by atoms with Crippen molar-refractivity contribution in [2.45, 2.75) is 94.6 Å². The van der Waals surface area contributed by atoms with Crippen LogP contribution in [-0.2, 0) is 30.3 Å². The van der Waals surface area contributed by atoms with Crippen LogP contribution in [0, 0.1) is 0 Å². The summed E-state index contributed by atoms with van der Waals surface area (Å²) in [5.41, 5.74) is 1.16. The maximum absolute atomic E-state index is 11.3. The van der Waals surface area contributed by atoms with Crippen LogP contribution in [0.15, 0.2) is 30.3 Å². The maximum Gasteiger partial charge on any atom is 0.306 e. The number of carbonyl (C=O) groups excluding carboxylic acids is 1. The minimum Gasteiger partial charge on any atom is -0.460 e. The second kappa shape index (κ2) is 10.0. The molecule has 1 aromatic carbocycles. The summed E-state index contributed by atoms with van der Waals surface area (Å²) in [5.74, 6) is -0.116. The first-order valence-electron chi connectivity index (χ1n) is 11.0. The van der Waals surface area contributed by atoms with E-state index in [9.17, 15) is 9.90 Å². The summed E-state index contributed by atoms with van der Waals surface area (Å²) in [7, 11) is 0. The molecule has 0 amide bonds. The fourth-order valence-electron chi connectivity index (χ4n) is 4.64. The molecule has 0 aromatic heterocycles. The summed E-state index contributed by atoms with van der Waals surface area (Å²) in [6.07, 6.45) is 5.76. The number of benzene rings is 1. The molecule has 6 heteroatoms. The molecule has 160 valence electrons. The second-order valence-corrected chi connectivity index (χ2v) is 8.40. The van der Waals surface area contributed by atoms with Crippen molar-refractivity contribution < 1.29 is 28.8 Å². The smallest absolute Gasteiger partial charge is 0.306 e. The molecule has 0 aliphatic carbocycles. The van der Waals surface area contributed by atoms with Crippen molar-refractivity contribution in [1.82, 2.24) is 0 Å². The number of aliphatic hydroxyl groups is 1. The van der Waals surface area contributed by atoms with Crippen molar-refractivity contribution in [2.24, 2.45) is 0 Å². The zero-order chi connectivity index (χ0) is 20.1. The van der Waals surface area contributed by atoms with Crippen LogP contribution in [0.3, 0.4) is 0 Å². The largest absolute Gasteiger partial charge is 0.460 e. The summed E-state index contributed by atoms with van der Waals surface area (Å²) < 4.78 is 23.3. The van der Waals surface area contributed by atoms with Gasteiger partial charge in [-0.2, -0.15) is 0 Å². The van der Waals surface area contributed by atoms with E-state index < -0.39 is 6.10 Å². The summed E-state index contributed by atoms with van der Waals surface area (Å²) in [5, 5.41) is 10.5. The van der Waals surface area contributed by atoms with Gasteiger partial charge in [-0.05, 0) is 50.5 Å². The van der Waals surface area contributed by atoms with Crippen molar-refractivity contribution in [3.05, 3.63) is 35.9 Å². The number of cyclic esters (lactones) is 1. The molecule has 3 aliphatic heterocycles. The SMILES string of the molecule is O=C1CC[C@H]([C@H]2CC[C@H]([C@H]3CC[C@@H]([C@@H](O)CCCOCc4ccccc4)O3)O2)O1. The van der Waals surface area contributed by atoms with E-state index in [0.717, 1.165) is 44.1 Å². The molecule has 0 radical (unpaired) electrons. The highest BCUT2D eigenvalue weighted by Gasteiger charge is 2.43. The van der Waals surface area contributed by atoms with Gasteiger partial charge in [0.15, 0.2) is 0 Å². The first kappa shape index (κ1) is 20.8. The third-order valence-corrected chi connectivity index (χ3v) is 6.24. The lowest BCUT2D eigenvalue weighted by atomic mass is 10.0. The molecule has 4 rings (SSSR count). The van der Waals surface area contributed by atoms with Crippen LogP contribution in [-0.4, -0.2) is 54.3 Å². The van der Waals surface area contributed by atoms with Crippen LogP contribution >= 0.6 is 0 Å². The van der Waals surface area contributed by atoms with Gasteiger partial charge in [0.05, 0.1) is 37.1 Å². The predicted octanol–water partition coefficient (Wildman–Crippen LogP) is 3.15. The van der Waals surface area contributed by atoms with Crippen LogP contribution in [0.1, 0.15) is 56.9 Å². The fourth-order valence-corrected chi connectivity index (χ4v) is 4.64. The van der Waals surface area contributed by atoms with Gasteiger partial charge in [-0.1, -0.05) is 30.3 Å². The third kappa shape index (κ3) is 5.57. The number of rotatable bonds is 9. The van der Waals surface area contributed by atoms with Crippen LogP contribution in [0.5, 0.6) is 0 Å². The molecule has 0 spiro atoms. The van der Waals surface area contributed by atoms with Gasteiger partial charge in [-0.25, -0.2) is 0 Å². The third-order valence-electron chi connectivity index (χ3n) is 6.24. The minimum absolute atomic E-state index is 0.000729. The Morgan fingerprint density at radius 1 is 0.966 bits per heavy atom. The Labute approximate surface area is 172 Å². The van der Waals surface area contributed by atoms with Crippen molar-refractivity contribution in [2.75, 3.05) is 6.61 Å². The van der Waals surface area contributed by atoms with Gasteiger partial charge in [-0.15, -0.1) is 0 Å². The maximum atomic E-state index is 11.3. The number of esters is 1. The molecule has 3 heterocycles. The van der Waals surface area contributed by atoms with E-state index in [1.54, 1.807) is 0 Å². The molecule has 0 saturated carbocycles. The van der Waals surface area contributed by atoms with Gasteiger partial charge in [-0.3, -0.25) is 4.79 Å². The highest BCUT2D eigenvalue weighted by Crippen LogP contribution is 2.36. The normalized spacial score (nSPS) is 33.1. The lowest BCUT2D eigenvalue weighted by Gasteiger charge is -2.24. The van der Waals surface area contributed by atoms with E-state index in [-0.39, 0.29) is 36.5 Å². The number of hydrogen-bond donors (Lipinski definition) is 1. The Bertz CT molecular complexity index is 650. The van der Waals surface area contributed by atoms with Crippen molar-refractivity contribution in [3.63, 3.8) is 0 Å². The van der Waals surface area contributed by atoms with E-state index in [2.05, 4.69) is 0 Å². The van der Waals surface area contributed by atoms with Crippen LogP contribution in [0.4, 0.5) is 0 Å². The molecule has 3 aliphatic rings. The average Bonchev–Trinajstić information content (AvgIpc) is 3.48. The minimum atomic E-state index is -0.465. The first-order valence-corrected chi connectivity index (χ1v) is 11.0. The number of carbonyl (C=O) groups is 1. The molecule has 6 atom stereocenters. The quantitative estimate of drug-likeness (QED) is 0.503.